The van der Waals surface area contributed by atoms with Crippen LogP contribution in [0, 0.1) is 19.8 Å². The average molecular weight is 389 g/mol. The summed E-state index contributed by atoms with van der Waals surface area (Å²) in [5, 5.41) is 4.51. The summed E-state index contributed by atoms with van der Waals surface area (Å²) in [7, 11) is 0. The Morgan fingerprint density at radius 2 is 1.86 bits per heavy atom. The zero-order valence-electron chi connectivity index (χ0n) is 17.0. The molecule has 5 nitrogen and oxygen atoms in total. The van der Waals surface area contributed by atoms with Gasteiger partial charge in [0.05, 0.1) is 18.0 Å². The normalized spacial score (nSPS) is 16.6. The quantitative estimate of drug-likeness (QED) is 0.649. The van der Waals surface area contributed by atoms with E-state index in [1.807, 2.05) is 84.1 Å². The maximum Gasteiger partial charge on any atom is 0.253 e. The molecule has 0 saturated carbocycles. The average Bonchev–Trinajstić information content (AvgIpc) is 3.11. The van der Waals surface area contributed by atoms with Crippen molar-refractivity contribution in [3.8, 4) is 11.4 Å². The molecule has 1 aromatic heterocycles. The molecule has 150 valence electrons. The van der Waals surface area contributed by atoms with Crippen LogP contribution in [-0.4, -0.2) is 40.3 Å². The number of likely N-dealkylation sites (tertiary alicyclic amines) is 1. The predicted molar refractivity (Wildman–Crippen MR) is 114 cm³/mol. The Bertz CT molecular complexity index is 964. The Hall–Kier alpha value is -3.08. The SMILES string of the molecule is Cc1cc(C)n(-c2ccc(C(=O)N3CCCC(COc4ccccc4)C3)cc2)n1. The van der Waals surface area contributed by atoms with E-state index in [0.29, 0.717) is 12.5 Å². The molecular formula is C24H27N3O2. The van der Waals surface area contributed by atoms with Gasteiger partial charge in [-0.15, -0.1) is 0 Å². The highest BCUT2D eigenvalue weighted by atomic mass is 16.5. The molecule has 0 radical (unpaired) electrons. The van der Waals surface area contributed by atoms with Gasteiger partial charge in [0.25, 0.3) is 5.91 Å². The van der Waals surface area contributed by atoms with Gasteiger partial charge >= 0.3 is 0 Å². The molecule has 1 amide bonds. The van der Waals surface area contributed by atoms with Crippen LogP contribution >= 0.6 is 0 Å². The molecule has 1 atom stereocenters. The molecule has 29 heavy (non-hydrogen) atoms. The summed E-state index contributed by atoms with van der Waals surface area (Å²) in [4.78, 5) is 15.0. The van der Waals surface area contributed by atoms with E-state index in [-0.39, 0.29) is 5.91 Å². The predicted octanol–water partition coefficient (Wildman–Crippen LogP) is 4.42. The topological polar surface area (TPSA) is 47.4 Å². The minimum atomic E-state index is 0.0920. The summed E-state index contributed by atoms with van der Waals surface area (Å²) in [5.74, 6) is 1.34. The number of nitrogens with zero attached hydrogens (tertiary/aromatic N) is 3. The van der Waals surface area contributed by atoms with Gasteiger partial charge in [0.15, 0.2) is 0 Å². The lowest BCUT2D eigenvalue weighted by molar-refractivity contribution is 0.0633. The van der Waals surface area contributed by atoms with Crippen LogP contribution in [0.4, 0.5) is 0 Å². The molecule has 2 aromatic carbocycles. The van der Waals surface area contributed by atoms with Gasteiger partial charge < -0.3 is 9.64 Å². The first-order chi connectivity index (χ1) is 14.1. The fourth-order valence-electron chi connectivity index (χ4n) is 3.93. The zero-order chi connectivity index (χ0) is 20.2. The smallest absolute Gasteiger partial charge is 0.253 e. The summed E-state index contributed by atoms with van der Waals surface area (Å²) < 4.78 is 7.81. The highest BCUT2D eigenvalue weighted by Crippen LogP contribution is 2.21. The Morgan fingerprint density at radius 3 is 2.55 bits per heavy atom. The van der Waals surface area contributed by atoms with Crippen molar-refractivity contribution in [2.75, 3.05) is 19.7 Å². The first-order valence-corrected chi connectivity index (χ1v) is 10.2. The summed E-state index contributed by atoms with van der Waals surface area (Å²) in [6.07, 6.45) is 2.10. The number of para-hydroxylation sites is 1. The molecule has 3 aromatic rings. The number of carbonyl (C=O) groups is 1. The molecule has 0 bridgehead atoms. The molecule has 5 heteroatoms. The third-order valence-electron chi connectivity index (χ3n) is 5.40. The first kappa shape index (κ1) is 19.2. The number of ether oxygens (including phenoxy) is 1. The maximum absolute atomic E-state index is 13.0. The van der Waals surface area contributed by atoms with Crippen LogP contribution in [0.5, 0.6) is 5.75 Å². The number of carbonyl (C=O) groups excluding carboxylic acids is 1. The van der Waals surface area contributed by atoms with Gasteiger partial charge in [-0.1, -0.05) is 18.2 Å². The first-order valence-electron chi connectivity index (χ1n) is 10.2. The lowest BCUT2D eigenvalue weighted by Gasteiger charge is -2.32. The van der Waals surface area contributed by atoms with Crippen molar-refractivity contribution in [2.24, 2.45) is 5.92 Å². The highest BCUT2D eigenvalue weighted by Gasteiger charge is 2.25. The Morgan fingerprint density at radius 1 is 1.10 bits per heavy atom. The standard InChI is InChI=1S/C24H27N3O2/c1-18-15-19(2)27(25-18)22-12-10-21(11-13-22)24(28)26-14-6-7-20(16-26)17-29-23-8-4-3-5-9-23/h3-5,8-13,15,20H,6-7,14,16-17H2,1-2H3. The van der Waals surface area contributed by atoms with Crippen molar-refractivity contribution in [3.63, 3.8) is 0 Å². The summed E-state index contributed by atoms with van der Waals surface area (Å²) in [6, 6.07) is 19.6. The Kier molecular flexibility index (Phi) is 5.65. The second kappa shape index (κ2) is 8.52. The highest BCUT2D eigenvalue weighted by molar-refractivity contribution is 5.94. The number of piperidine rings is 1. The van der Waals surface area contributed by atoms with Crippen LogP contribution in [-0.2, 0) is 0 Å². The van der Waals surface area contributed by atoms with Gasteiger partial charge in [0.1, 0.15) is 5.75 Å². The molecule has 1 fully saturated rings. The molecule has 0 spiro atoms. The lowest BCUT2D eigenvalue weighted by atomic mass is 9.98. The number of rotatable bonds is 5. The van der Waals surface area contributed by atoms with Gasteiger partial charge in [-0.3, -0.25) is 4.79 Å². The van der Waals surface area contributed by atoms with Gasteiger partial charge in [-0.05, 0) is 69.2 Å². The van der Waals surface area contributed by atoms with E-state index in [1.165, 1.54) is 0 Å². The summed E-state index contributed by atoms with van der Waals surface area (Å²) in [5.41, 5.74) is 3.76. The maximum atomic E-state index is 13.0. The van der Waals surface area contributed by atoms with E-state index in [9.17, 15) is 4.79 Å². The minimum absolute atomic E-state index is 0.0920. The fraction of sp³-hybridized carbons (Fsp3) is 0.333. The van der Waals surface area contributed by atoms with Crippen LogP contribution in [0.15, 0.2) is 60.7 Å². The van der Waals surface area contributed by atoms with E-state index >= 15 is 0 Å². The van der Waals surface area contributed by atoms with Crippen LogP contribution < -0.4 is 4.74 Å². The van der Waals surface area contributed by atoms with Crippen molar-refractivity contribution in [1.82, 2.24) is 14.7 Å². The van der Waals surface area contributed by atoms with Crippen molar-refractivity contribution < 1.29 is 9.53 Å². The molecule has 1 aliphatic heterocycles. The number of aromatic nitrogens is 2. The Balaban J connectivity index is 1.39. The number of benzene rings is 2. The van der Waals surface area contributed by atoms with Crippen molar-refractivity contribution in [2.45, 2.75) is 26.7 Å². The minimum Gasteiger partial charge on any atom is -0.493 e. The molecule has 1 saturated heterocycles. The van der Waals surface area contributed by atoms with Crippen LogP contribution in [0.25, 0.3) is 5.69 Å². The molecule has 0 N–H and O–H groups in total. The van der Waals surface area contributed by atoms with Crippen molar-refractivity contribution >= 4 is 5.91 Å². The fourth-order valence-corrected chi connectivity index (χ4v) is 3.93. The third-order valence-corrected chi connectivity index (χ3v) is 5.40. The van der Waals surface area contributed by atoms with E-state index in [1.54, 1.807) is 0 Å². The summed E-state index contributed by atoms with van der Waals surface area (Å²) in [6.45, 7) is 6.20. The van der Waals surface area contributed by atoms with Crippen molar-refractivity contribution in [3.05, 3.63) is 77.6 Å². The van der Waals surface area contributed by atoms with Crippen molar-refractivity contribution in [1.29, 1.82) is 0 Å². The molecule has 0 aliphatic carbocycles. The largest absolute Gasteiger partial charge is 0.493 e. The Labute approximate surface area is 171 Å². The monoisotopic (exact) mass is 389 g/mol. The second-order valence-corrected chi connectivity index (χ2v) is 7.77. The molecule has 1 unspecified atom stereocenters. The van der Waals surface area contributed by atoms with E-state index in [4.69, 9.17) is 4.74 Å². The zero-order valence-corrected chi connectivity index (χ0v) is 17.0. The molecular weight excluding hydrogens is 362 g/mol. The second-order valence-electron chi connectivity index (χ2n) is 7.77. The van der Waals surface area contributed by atoms with E-state index < -0.39 is 0 Å². The van der Waals surface area contributed by atoms with Crippen LogP contribution in [0.2, 0.25) is 0 Å². The van der Waals surface area contributed by atoms with Gasteiger partial charge in [-0.2, -0.15) is 5.10 Å². The number of hydrogen-bond donors (Lipinski definition) is 0. The molecule has 1 aliphatic rings. The number of amides is 1. The van der Waals surface area contributed by atoms with E-state index in [0.717, 1.165) is 54.3 Å². The van der Waals surface area contributed by atoms with Crippen LogP contribution in [0.3, 0.4) is 0 Å². The van der Waals surface area contributed by atoms with Gasteiger partial charge in [-0.25, -0.2) is 4.68 Å². The number of aryl methyl sites for hydroxylation is 2. The third kappa shape index (κ3) is 4.50. The molecule has 2 heterocycles. The molecule has 4 rings (SSSR count). The van der Waals surface area contributed by atoms with E-state index in [2.05, 4.69) is 5.10 Å². The number of hydrogen-bond acceptors (Lipinski definition) is 3. The van der Waals surface area contributed by atoms with Gasteiger partial charge in [0, 0.05) is 30.3 Å². The lowest BCUT2D eigenvalue weighted by Crippen LogP contribution is -2.41. The van der Waals surface area contributed by atoms with Gasteiger partial charge in [0.2, 0.25) is 0 Å². The summed E-state index contributed by atoms with van der Waals surface area (Å²) >= 11 is 0. The van der Waals surface area contributed by atoms with Crippen LogP contribution in [0.1, 0.15) is 34.6 Å².